The molecule has 0 atom stereocenters. The van der Waals surface area contributed by atoms with E-state index in [0.29, 0.717) is 30.7 Å². The SMILES string of the molecule is O=S(=O)(NCCCOCc1ccco1)c1cncc(Br)c1. The highest BCUT2D eigenvalue weighted by atomic mass is 79.9. The third kappa shape index (κ3) is 5.24. The molecule has 0 aliphatic carbocycles. The van der Waals surface area contributed by atoms with E-state index in [-0.39, 0.29) is 4.90 Å². The zero-order chi connectivity index (χ0) is 15.1. The van der Waals surface area contributed by atoms with Crippen molar-refractivity contribution in [1.82, 2.24) is 9.71 Å². The Balaban J connectivity index is 1.70. The Morgan fingerprint density at radius 1 is 1.38 bits per heavy atom. The number of pyridine rings is 1. The Hall–Kier alpha value is -1.22. The normalized spacial score (nSPS) is 11.7. The van der Waals surface area contributed by atoms with Crippen LogP contribution >= 0.6 is 15.9 Å². The number of aromatic nitrogens is 1. The summed E-state index contributed by atoms with van der Waals surface area (Å²) in [5.41, 5.74) is 0. The van der Waals surface area contributed by atoms with E-state index >= 15 is 0 Å². The van der Waals surface area contributed by atoms with Crippen LogP contribution in [-0.2, 0) is 21.4 Å². The van der Waals surface area contributed by atoms with Crippen LogP contribution in [0.25, 0.3) is 0 Å². The molecular weight excluding hydrogens is 360 g/mol. The van der Waals surface area contributed by atoms with Gasteiger partial charge in [-0.15, -0.1) is 0 Å². The van der Waals surface area contributed by atoms with E-state index in [1.165, 1.54) is 18.5 Å². The van der Waals surface area contributed by atoms with Gasteiger partial charge in [-0.25, -0.2) is 13.1 Å². The second kappa shape index (κ2) is 7.69. The van der Waals surface area contributed by atoms with Gasteiger partial charge in [-0.1, -0.05) is 0 Å². The Morgan fingerprint density at radius 2 is 2.24 bits per heavy atom. The van der Waals surface area contributed by atoms with Gasteiger partial charge in [0.05, 0.1) is 6.26 Å². The fourth-order valence-corrected chi connectivity index (χ4v) is 3.15. The standard InChI is InChI=1S/C13H15BrN2O4S/c14-11-7-13(9-15-8-11)21(17,18)16-4-2-5-19-10-12-3-1-6-20-12/h1,3,6-9,16H,2,4-5,10H2. The maximum atomic E-state index is 12.0. The van der Waals surface area contributed by atoms with Crippen molar-refractivity contribution >= 4 is 26.0 Å². The molecule has 0 radical (unpaired) electrons. The number of ether oxygens (including phenoxy) is 1. The molecule has 0 amide bonds. The molecule has 0 aromatic carbocycles. The minimum absolute atomic E-state index is 0.133. The number of sulfonamides is 1. The van der Waals surface area contributed by atoms with Crippen molar-refractivity contribution in [3.05, 3.63) is 47.1 Å². The Kier molecular flexibility index (Phi) is 5.92. The lowest BCUT2D eigenvalue weighted by Gasteiger charge is -2.07. The molecule has 114 valence electrons. The van der Waals surface area contributed by atoms with Crippen LogP contribution < -0.4 is 4.72 Å². The number of furan rings is 1. The van der Waals surface area contributed by atoms with Gasteiger partial charge in [-0.05, 0) is 40.5 Å². The summed E-state index contributed by atoms with van der Waals surface area (Å²) >= 11 is 3.19. The van der Waals surface area contributed by atoms with Gasteiger partial charge in [0, 0.05) is 30.0 Å². The summed E-state index contributed by atoms with van der Waals surface area (Å²) in [7, 11) is -3.53. The molecule has 0 bridgehead atoms. The highest BCUT2D eigenvalue weighted by Gasteiger charge is 2.13. The van der Waals surface area contributed by atoms with Crippen LogP contribution in [-0.4, -0.2) is 26.6 Å². The van der Waals surface area contributed by atoms with Crippen molar-refractivity contribution in [2.75, 3.05) is 13.2 Å². The van der Waals surface area contributed by atoms with Gasteiger partial charge in [0.25, 0.3) is 0 Å². The van der Waals surface area contributed by atoms with Gasteiger partial charge in [-0.3, -0.25) is 4.98 Å². The number of hydrogen-bond acceptors (Lipinski definition) is 5. The van der Waals surface area contributed by atoms with E-state index in [0.717, 1.165) is 5.76 Å². The molecule has 0 saturated heterocycles. The quantitative estimate of drug-likeness (QED) is 0.717. The summed E-state index contributed by atoms with van der Waals surface area (Å²) < 4.78 is 37.6. The number of nitrogens with zero attached hydrogens (tertiary/aromatic N) is 1. The molecule has 2 heterocycles. The van der Waals surface area contributed by atoms with Crippen molar-refractivity contribution in [3.8, 4) is 0 Å². The van der Waals surface area contributed by atoms with E-state index in [1.54, 1.807) is 12.3 Å². The average molecular weight is 375 g/mol. The van der Waals surface area contributed by atoms with Crippen molar-refractivity contribution < 1.29 is 17.6 Å². The molecule has 0 aliphatic heterocycles. The van der Waals surface area contributed by atoms with Crippen LogP contribution in [0.3, 0.4) is 0 Å². The van der Waals surface area contributed by atoms with Gasteiger partial charge in [0.15, 0.2) is 0 Å². The largest absolute Gasteiger partial charge is 0.467 e. The molecule has 0 unspecified atom stereocenters. The van der Waals surface area contributed by atoms with E-state index in [2.05, 4.69) is 25.6 Å². The van der Waals surface area contributed by atoms with Crippen LogP contribution in [0.1, 0.15) is 12.2 Å². The Morgan fingerprint density at radius 3 is 2.95 bits per heavy atom. The summed E-state index contributed by atoms with van der Waals surface area (Å²) in [5, 5.41) is 0. The van der Waals surface area contributed by atoms with Crippen molar-refractivity contribution in [2.45, 2.75) is 17.9 Å². The summed E-state index contributed by atoms with van der Waals surface area (Å²) in [6, 6.07) is 5.12. The lowest BCUT2D eigenvalue weighted by molar-refractivity contribution is 0.105. The summed E-state index contributed by atoms with van der Waals surface area (Å²) in [6.07, 6.45) is 4.99. The minimum atomic E-state index is -3.53. The molecule has 0 aliphatic rings. The van der Waals surface area contributed by atoms with Crippen LogP contribution in [0.5, 0.6) is 0 Å². The predicted molar refractivity (Wildman–Crippen MR) is 80.1 cm³/mol. The molecule has 2 rings (SSSR count). The fraction of sp³-hybridized carbons (Fsp3) is 0.308. The second-order valence-corrected chi connectivity index (χ2v) is 6.90. The number of halogens is 1. The zero-order valence-electron chi connectivity index (χ0n) is 11.2. The molecule has 0 saturated carbocycles. The van der Waals surface area contributed by atoms with E-state index in [1.807, 2.05) is 6.07 Å². The van der Waals surface area contributed by atoms with Crippen LogP contribution in [0.15, 0.2) is 50.6 Å². The van der Waals surface area contributed by atoms with Gasteiger partial charge in [0.2, 0.25) is 10.0 Å². The van der Waals surface area contributed by atoms with Gasteiger partial charge >= 0.3 is 0 Å². The number of hydrogen-bond donors (Lipinski definition) is 1. The summed E-state index contributed by atoms with van der Waals surface area (Å²) in [4.78, 5) is 3.97. The highest BCUT2D eigenvalue weighted by molar-refractivity contribution is 9.10. The lowest BCUT2D eigenvalue weighted by Crippen LogP contribution is -2.25. The molecule has 0 fully saturated rings. The van der Waals surface area contributed by atoms with Gasteiger partial charge in [-0.2, -0.15) is 0 Å². The zero-order valence-corrected chi connectivity index (χ0v) is 13.6. The predicted octanol–water partition coefficient (Wildman–Crippen LogP) is 2.32. The molecule has 2 aromatic heterocycles. The third-order valence-corrected chi connectivity index (χ3v) is 4.43. The summed E-state index contributed by atoms with van der Waals surface area (Å²) in [5.74, 6) is 0.746. The third-order valence-electron chi connectivity index (χ3n) is 2.57. The van der Waals surface area contributed by atoms with Crippen molar-refractivity contribution in [1.29, 1.82) is 0 Å². The van der Waals surface area contributed by atoms with E-state index in [4.69, 9.17) is 9.15 Å². The first-order valence-electron chi connectivity index (χ1n) is 6.28. The van der Waals surface area contributed by atoms with E-state index in [9.17, 15) is 8.42 Å². The molecule has 8 heteroatoms. The maximum Gasteiger partial charge on any atom is 0.242 e. The molecule has 21 heavy (non-hydrogen) atoms. The Bertz CT molecular complexity index is 659. The van der Waals surface area contributed by atoms with Gasteiger partial charge in [0.1, 0.15) is 17.3 Å². The highest BCUT2D eigenvalue weighted by Crippen LogP contribution is 2.13. The smallest absolute Gasteiger partial charge is 0.242 e. The number of rotatable bonds is 8. The Labute approximate surface area is 131 Å². The molecule has 1 N–H and O–H groups in total. The van der Waals surface area contributed by atoms with Crippen LogP contribution in [0.2, 0.25) is 0 Å². The topological polar surface area (TPSA) is 81.4 Å². The van der Waals surface area contributed by atoms with Crippen molar-refractivity contribution in [2.24, 2.45) is 0 Å². The molecular formula is C13H15BrN2O4S. The van der Waals surface area contributed by atoms with Crippen LogP contribution in [0, 0.1) is 0 Å². The molecule has 0 spiro atoms. The first-order chi connectivity index (χ1) is 10.1. The second-order valence-electron chi connectivity index (χ2n) is 4.22. The monoisotopic (exact) mass is 374 g/mol. The molecule has 2 aromatic rings. The summed E-state index contributed by atoms with van der Waals surface area (Å²) in [6.45, 7) is 1.13. The lowest BCUT2D eigenvalue weighted by atomic mass is 10.4. The average Bonchev–Trinajstić information content (AvgIpc) is 2.96. The first-order valence-corrected chi connectivity index (χ1v) is 8.56. The first kappa shape index (κ1) is 16.2. The van der Waals surface area contributed by atoms with Crippen molar-refractivity contribution in [3.63, 3.8) is 0 Å². The molecule has 6 nitrogen and oxygen atoms in total. The van der Waals surface area contributed by atoms with Crippen LogP contribution in [0.4, 0.5) is 0 Å². The fourth-order valence-electron chi connectivity index (χ4n) is 1.57. The maximum absolute atomic E-state index is 12.0. The van der Waals surface area contributed by atoms with Gasteiger partial charge < -0.3 is 9.15 Å². The minimum Gasteiger partial charge on any atom is -0.467 e. The number of nitrogens with one attached hydrogen (secondary N) is 1. The van der Waals surface area contributed by atoms with E-state index < -0.39 is 10.0 Å².